The molecule has 2 aliphatic rings. The molecule has 0 radical (unpaired) electrons. The van der Waals surface area contributed by atoms with Crippen LogP contribution in [-0.2, 0) is 0 Å². The van der Waals surface area contributed by atoms with Crippen molar-refractivity contribution < 1.29 is 5.11 Å². The Balaban J connectivity index is 1.97. The molecule has 0 aromatic heterocycles. The molecular weight excluding hydrogens is 248 g/mol. The van der Waals surface area contributed by atoms with Crippen LogP contribution in [0.15, 0.2) is 0 Å². The van der Waals surface area contributed by atoms with Crippen LogP contribution in [0.3, 0.4) is 0 Å². The van der Waals surface area contributed by atoms with Gasteiger partial charge in [-0.2, -0.15) is 0 Å². The Bertz CT molecular complexity index is 289. The van der Waals surface area contributed by atoms with Crippen LogP contribution in [0.4, 0.5) is 0 Å². The third kappa shape index (κ3) is 4.19. The predicted molar refractivity (Wildman–Crippen MR) is 84.9 cm³/mol. The van der Waals surface area contributed by atoms with E-state index in [4.69, 9.17) is 0 Å². The zero-order valence-electron chi connectivity index (χ0n) is 13.7. The molecule has 2 rings (SSSR count). The molecule has 0 heterocycles. The Labute approximate surface area is 125 Å². The summed E-state index contributed by atoms with van der Waals surface area (Å²) in [5, 5.41) is 13.1. The van der Waals surface area contributed by atoms with Crippen LogP contribution < -0.4 is 5.32 Å². The fourth-order valence-corrected chi connectivity index (χ4v) is 4.01. The van der Waals surface area contributed by atoms with Crippen molar-refractivity contribution >= 4 is 0 Å². The van der Waals surface area contributed by atoms with Gasteiger partial charge in [0.1, 0.15) is 0 Å². The highest BCUT2D eigenvalue weighted by Crippen LogP contribution is 2.40. The summed E-state index contributed by atoms with van der Waals surface area (Å²) in [5.41, 5.74) is 0.409. The van der Waals surface area contributed by atoms with E-state index in [0.717, 1.165) is 25.0 Å². The number of aliphatic hydroxyl groups excluding tert-OH is 1. The monoisotopic (exact) mass is 282 g/mol. The van der Waals surface area contributed by atoms with Crippen molar-refractivity contribution in [2.24, 2.45) is 11.3 Å². The van der Waals surface area contributed by atoms with Gasteiger partial charge in [0, 0.05) is 25.2 Å². The van der Waals surface area contributed by atoms with E-state index in [-0.39, 0.29) is 0 Å². The van der Waals surface area contributed by atoms with Crippen LogP contribution in [-0.4, -0.2) is 48.3 Å². The van der Waals surface area contributed by atoms with E-state index in [2.05, 4.69) is 31.0 Å². The fourth-order valence-electron chi connectivity index (χ4n) is 4.01. The molecule has 0 aromatic rings. The summed E-state index contributed by atoms with van der Waals surface area (Å²) < 4.78 is 0. The van der Waals surface area contributed by atoms with Gasteiger partial charge in [-0.15, -0.1) is 0 Å². The normalized spacial score (nSPS) is 29.9. The molecular formula is C17H34N2O. The highest BCUT2D eigenvalue weighted by molar-refractivity contribution is 4.96. The van der Waals surface area contributed by atoms with Gasteiger partial charge >= 0.3 is 0 Å². The lowest BCUT2D eigenvalue weighted by molar-refractivity contribution is 0.0701. The topological polar surface area (TPSA) is 35.5 Å². The first-order chi connectivity index (χ1) is 9.58. The number of rotatable bonds is 8. The Hall–Kier alpha value is -0.120. The summed E-state index contributed by atoms with van der Waals surface area (Å²) in [6.07, 6.45) is 7.93. The van der Waals surface area contributed by atoms with Gasteiger partial charge < -0.3 is 10.4 Å². The Morgan fingerprint density at radius 1 is 1.25 bits per heavy atom. The van der Waals surface area contributed by atoms with E-state index in [1.165, 1.54) is 45.1 Å². The summed E-state index contributed by atoms with van der Waals surface area (Å²) >= 11 is 0. The number of nitrogens with zero attached hydrogens (tertiary/aromatic N) is 1. The van der Waals surface area contributed by atoms with Gasteiger partial charge in [-0.25, -0.2) is 0 Å². The maximum Gasteiger partial charge on any atom is 0.0558 e. The van der Waals surface area contributed by atoms with E-state index in [9.17, 15) is 5.11 Å². The second-order valence-electron chi connectivity index (χ2n) is 7.52. The quantitative estimate of drug-likeness (QED) is 0.718. The molecule has 2 atom stereocenters. The average molecular weight is 282 g/mol. The first kappa shape index (κ1) is 16.3. The molecule has 3 heteroatoms. The molecule has 0 saturated heterocycles. The molecule has 20 heavy (non-hydrogen) atoms. The Morgan fingerprint density at radius 3 is 2.60 bits per heavy atom. The van der Waals surface area contributed by atoms with Gasteiger partial charge in [0.15, 0.2) is 0 Å². The highest BCUT2D eigenvalue weighted by atomic mass is 16.3. The van der Waals surface area contributed by atoms with Gasteiger partial charge in [0.2, 0.25) is 0 Å². The van der Waals surface area contributed by atoms with Crippen molar-refractivity contribution in [3.05, 3.63) is 0 Å². The molecule has 0 aromatic carbocycles. The van der Waals surface area contributed by atoms with Crippen LogP contribution >= 0.6 is 0 Å². The maximum atomic E-state index is 9.30. The van der Waals surface area contributed by atoms with Crippen molar-refractivity contribution in [3.8, 4) is 0 Å². The van der Waals surface area contributed by atoms with Gasteiger partial charge in [-0.3, -0.25) is 4.90 Å². The number of hydrogen-bond acceptors (Lipinski definition) is 3. The second-order valence-corrected chi connectivity index (χ2v) is 7.52. The minimum Gasteiger partial charge on any atom is -0.395 e. The van der Waals surface area contributed by atoms with Crippen molar-refractivity contribution in [2.75, 3.05) is 26.2 Å². The molecule has 118 valence electrons. The zero-order chi connectivity index (χ0) is 14.6. The lowest BCUT2D eigenvalue weighted by Gasteiger charge is -2.46. The summed E-state index contributed by atoms with van der Waals surface area (Å²) in [4.78, 5) is 2.55. The van der Waals surface area contributed by atoms with E-state index in [1.54, 1.807) is 0 Å². The lowest BCUT2D eigenvalue weighted by Crippen LogP contribution is -2.53. The van der Waals surface area contributed by atoms with Gasteiger partial charge in [0.05, 0.1) is 6.61 Å². The minimum absolute atomic E-state index is 0.305. The maximum absolute atomic E-state index is 9.30. The number of hydrogen-bond donors (Lipinski definition) is 2. The minimum atomic E-state index is 0.305. The van der Waals surface area contributed by atoms with Crippen molar-refractivity contribution in [2.45, 2.75) is 71.4 Å². The lowest BCUT2D eigenvalue weighted by atomic mass is 9.67. The Morgan fingerprint density at radius 2 is 2.00 bits per heavy atom. The van der Waals surface area contributed by atoms with Crippen LogP contribution in [0.25, 0.3) is 0 Å². The van der Waals surface area contributed by atoms with Crippen LogP contribution in [0.1, 0.15) is 59.3 Å². The van der Waals surface area contributed by atoms with Crippen LogP contribution in [0.2, 0.25) is 0 Å². The van der Waals surface area contributed by atoms with Crippen LogP contribution in [0, 0.1) is 11.3 Å². The van der Waals surface area contributed by atoms with Crippen molar-refractivity contribution in [1.82, 2.24) is 10.2 Å². The summed E-state index contributed by atoms with van der Waals surface area (Å²) in [5.74, 6) is 0.748. The van der Waals surface area contributed by atoms with Gasteiger partial charge in [-0.1, -0.05) is 27.2 Å². The van der Waals surface area contributed by atoms with Crippen LogP contribution in [0.5, 0.6) is 0 Å². The summed E-state index contributed by atoms with van der Waals surface area (Å²) in [7, 11) is 0. The molecule has 0 amide bonds. The second kappa shape index (κ2) is 7.24. The van der Waals surface area contributed by atoms with Gasteiger partial charge in [-0.05, 0) is 50.0 Å². The fraction of sp³-hybridized carbons (Fsp3) is 1.00. The molecule has 2 aliphatic carbocycles. The third-order valence-electron chi connectivity index (χ3n) is 5.24. The summed E-state index contributed by atoms with van der Waals surface area (Å²) in [6.45, 7) is 10.6. The molecule has 2 fully saturated rings. The first-order valence-corrected chi connectivity index (χ1v) is 8.66. The molecule has 0 spiro atoms. The Kier molecular flexibility index (Phi) is 5.88. The van der Waals surface area contributed by atoms with E-state index in [0.29, 0.717) is 18.1 Å². The highest BCUT2D eigenvalue weighted by Gasteiger charge is 2.40. The third-order valence-corrected chi connectivity index (χ3v) is 5.24. The standard InChI is InChI=1S/C17H34N2O/c1-4-10-18-16-14(6-5-9-17(16,2)3)13-19(11-12-20)15-7-8-15/h14-16,18,20H,4-13H2,1-3H3. The average Bonchev–Trinajstić information content (AvgIpc) is 3.21. The van der Waals surface area contributed by atoms with Crippen molar-refractivity contribution in [3.63, 3.8) is 0 Å². The summed E-state index contributed by atoms with van der Waals surface area (Å²) in [6, 6.07) is 1.40. The van der Waals surface area contributed by atoms with E-state index >= 15 is 0 Å². The number of nitrogens with one attached hydrogen (secondary N) is 1. The molecule has 2 N–H and O–H groups in total. The smallest absolute Gasteiger partial charge is 0.0558 e. The molecule has 2 unspecified atom stereocenters. The molecule has 0 aliphatic heterocycles. The van der Waals surface area contributed by atoms with E-state index in [1.807, 2.05) is 0 Å². The SMILES string of the molecule is CCCNC1C(CN(CCO)C2CC2)CCCC1(C)C. The van der Waals surface area contributed by atoms with E-state index < -0.39 is 0 Å². The largest absolute Gasteiger partial charge is 0.395 e. The zero-order valence-corrected chi connectivity index (χ0v) is 13.7. The van der Waals surface area contributed by atoms with Crippen molar-refractivity contribution in [1.29, 1.82) is 0 Å². The van der Waals surface area contributed by atoms with Gasteiger partial charge in [0.25, 0.3) is 0 Å². The molecule has 0 bridgehead atoms. The molecule has 3 nitrogen and oxygen atoms in total. The predicted octanol–water partition coefficient (Wildman–Crippen LogP) is 2.64. The molecule has 2 saturated carbocycles. The first-order valence-electron chi connectivity index (χ1n) is 8.66. The number of aliphatic hydroxyl groups is 1.